The van der Waals surface area contributed by atoms with E-state index >= 15 is 0 Å². The van der Waals surface area contributed by atoms with Crippen LogP contribution in [0.15, 0.2) is 65.1 Å². The quantitative estimate of drug-likeness (QED) is 0.372. The molecule has 10 nitrogen and oxygen atoms in total. The SMILES string of the molecule is COc1ccc(C(C(=O)NC(C)(C)C)N(C(=O)Cn2nnc(-c3ccc(C)o3)n2)c2ccc(F)cc2)cc1. The van der Waals surface area contributed by atoms with Crippen molar-refractivity contribution in [3.63, 3.8) is 0 Å². The van der Waals surface area contributed by atoms with Crippen molar-refractivity contribution in [3.8, 4) is 17.3 Å². The number of carbonyl (C=O) groups is 2. The van der Waals surface area contributed by atoms with Gasteiger partial charge in [0.15, 0.2) is 5.76 Å². The first-order chi connectivity index (χ1) is 18.0. The lowest BCUT2D eigenvalue weighted by molar-refractivity contribution is -0.128. The summed E-state index contributed by atoms with van der Waals surface area (Å²) in [5.41, 5.74) is 0.273. The number of aryl methyl sites for hydroxylation is 1. The van der Waals surface area contributed by atoms with Gasteiger partial charge in [0, 0.05) is 11.2 Å². The summed E-state index contributed by atoms with van der Waals surface area (Å²) in [5, 5.41) is 15.2. The summed E-state index contributed by atoms with van der Waals surface area (Å²) in [6.07, 6.45) is 0. The van der Waals surface area contributed by atoms with Crippen molar-refractivity contribution in [2.45, 2.75) is 45.8 Å². The minimum Gasteiger partial charge on any atom is -0.497 e. The number of benzene rings is 2. The van der Waals surface area contributed by atoms with E-state index in [1.165, 1.54) is 36.3 Å². The van der Waals surface area contributed by atoms with Gasteiger partial charge in [-0.15, -0.1) is 10.2 Å². The molecule has 4 rings (SSSR count). The van der Waals surface area contributed by atoms with Crippen LogP contribution in [-0.4, -0.2) is 44.7 Å². The van der Waals surface area contributed by atoms with Gasteiger partial charge in [0.05, 0.1) is 7.11 Å². The minimum atomic E-state index is -1.09. The van der Waals surface area contributed by atoms with Crippen LogP contribution in [0.3, 0.4) is 0 Å². The van der Waals surface area contributed by atoms with Gasteiger partial charge in [-0.25, -0.2) is 4.39 Å². The number of tetrazole rings is 1. The highest BCUT2D eigenvalue weighted by atomic mass is 19.1. The number of hydrogen-bond acceptors (Lipinski definition) is 7. The lowest BCUT2D eigenvalue weighted by Crippen LogP contribution is -2.50. The van der Waals surface area contributed by atoms with Crippen molar-refractivity contribution in [2.75, 3.05) is 12.0 Å². The summed E-state index contributed by atoms with van der Waals surface area (Å²) in [4.78, 5) is 29.9. The predicted molar refractivity (Wildman–Crippen MR) is 138 cm³/mol. The van der Waals surface area contributed by atoms with Crippen LogP contribution in [0, 0.1) is 12.7 Å². The molecule has 2 heterocycles. The van der Waals surface area contributed by atoms with Gasteiger partial charge >= 0.3 is 0 Å². The zero-order valence-electron chi connectivity index (χ0n) is 21.8. The van der Waals surface area contributed by atoms with Gasteiger partial charge in [-0.05, 0) is 87.0 Å². The molecule has 1 atom stereocenters. The molecule has 4 aromatic rings. The van der Waals surface area contributed by atoms with E-state index in [1.807, 2.05) is 20.8 Å². The van der Waals surface area contributed by atoms with E-state index in [2.05, 4.69) is 20.7 Å². The molecule has 11 heteroatoms. The second kappa shape index (κ2) is 10.8. The highest BCUT2D eigenvalue weighted by Gasteiger charge is 2.35. The number of anilines is 1. The van der Waals surface area contributed by atoms with Crippen LogP contribution in [-0.2, 0) is 16.1 Å². The number of ether oxygens (including phenoxy) is 1. The molecule has 0 saturated heterocycles. The number of furan rings is 1. The third-order valence-electron chi connectivity index (χ3n) is 5.50. The van der Waals surface area contributed by atoms with E-state index < -0.39 is 29.2 Å². The van der Waals surface area contributed by atoms with Crippen LogP contribution in [0.2, 0.25) is 0 Å². The van der Waals surface area contributed by atoms with Crippen molar-refractivity contribution >= 4 is 17.5 Å². The molecule has 1 unspecified atom stereocenters. The van der Waals surface area contributed by atoms with Crippen LogP contribution in [0.25, 0.3) is 11.6 Å². The summed E-state index contributed by atoms with van der Waals surface area (Å²) in [7, 11) is 1.54. The van der Waals surface area contributed by atoms with Crippen LogP contribution in [0.4, 0.5) is 10.1 Å². The van der Waals surface area contributed by atoms with Crippen molar-refractivity contribution in [1.29, 1.82) is 0 Å². The Labute approximate surface area is 219 Å². The zero-order valence-corrected chi connectivity index (χ0v) is 21.8. The van der Waals surface area contributed by atoms with E-state index in [9.17, 15) is 14.0 Å². The summed E-state index contributed by atoms with van der Waals surface area (Å²) in [6, 6.07) is 14.6. The molecule has 198 valence electrons. The molecular formula is C27H29FN6O4. The Morgan fingerprint density at radius 2 is 1.76 bits per heavy atom. The van der Waals surface area contributed by atoms with Crippen molar-refractivity contribution < 1.29 is 23.1 Å². The lowest BCUT2D eigenvalue weighted by atomic mass is 10.0. The Hall–Kier alpha value is -4.54. The molecule has 0 spiro atoms. The van der Waals surface area contributed by atoms with Crippen LogP contribution in [0.5, 0.6) is 5.75 Å². The molecular weight excluding hydrogens is 491 g/mol. The third kappa shape index (κ3) is 6.23. The molecule has 0 radical (unpaired) electrons. The number of amides is 2. The minimum absolute atomic E-state index is 0.219. The van der Waals surface area contributed by atoms with Crippen molar-refractivity contribution in [1.82, 2.24) is 25.5 Å². The number of halogens is 1. The van der Waals surface area contributed by atoms with E-state index in [4.69, 9.17) is 9.15 Å². The van der Waals surface area contributed by atoms with Gasteiger partial charge < -0.3 is 14.5 Å². The van der Waals surface area contributed by atoms with E-state index in [0.717, 1.165) is 4.80 Å². The molecule has 0 aliphatic heterocycles. The highest BCUT2D eigenvalue weighted by molar-refractivity contribution is 6.01. The Morgan fingerprint density at radius 3 is 2.34 bits per heavy atom. The van der Waals surface area contributed by atoms with Crippen LogP contribution < -0.4 is 15.0 Å². The van der Waals surface area contributed by atoms with Crippen LogP contribution >= 0.6 is 0 Å². The Kier molecular flexibility index (Phi) is 7.56. The average Bonchev–Trinajstić information content (AvgIpc) is 3.51. The fourth-order valence-electron chi connectivity index (χ4n) is 3.84. The molecule has 0 fully saturated rings. The van der Waals surface area contributed by atoms with Gasteiger partial charge in [-0.2, -0.15) is 4.80 Å². The molecule has 0 saturated carbocycles. The molecule has 1 N–H and O–H groups in total. The molecule has 2 aromatic carbocycles. The number of aromatic nitrogens is 4. The number of carbonyl (C=O) groups excluding carboxylic acids is 2. The number of hydrogen-bond donors (Lipinski definition) is 1. The first-order valence-corrected chi connectivity index (χ1v) is 11.9. The Balaban J connectivity index is 1.74. The zero-order chi connectivity index (χ0) is 27.4. The number of rotatable bonds is 8. The maximum atomic E-state index is 13.8. The fraction of sp³-hybridized carbons (Fsp3) is 0.296. The van der Waals surface area contributed by atoms with Crippen LogP contribution in [0.1, 0.15) is 38.1 Å². The first-order valence-electron chi connectivity index (χ1n) is 11.9. The van der Waals surface area contributed by atoms with E-state index in [-0.39, 0.29) is 12.4 Å². The molecule has 0 aliphatic carbocycles. The lowest BCUT2D eigenvalue weighted by Gasteiger charge is -2.33. The van der Waals surface area contributed by atoms with Gasteiger partial charge in [0.1, 0.15) is 29.9 Å². The third-order valence-corrected chi connectivity index (χ3v) is 5.50. The molecule has 0 bridgehead atoms. The smallest absolute Gasteiger partial charge is 0.251 e. The average molecular weight is 521 g/mol. The molecule has 0 aliphatic rings. The summed E-state index contributed by atoms with van der Waals surface area (Å²) in [6.45, 7) is 6.99. The largest absolute Gasteiger partial charge is 0.497 e. The maximum Gasteiger partial charge on any atom is 0.251 e. The van der Waals surface area contributed by atoms with E-state index in [0.29, 0.717) is 28.5 Å². The van der Waals surface area contributed by atoms with Crippen molar-refractivity contribution in [2.24, 2.45) is 0 Å². The number of nitrogens with zero attached hydrogens (tertiary/aromatic N) is 5. The van der Waals surface area contributed by atoms with Gasteiger partial charge in [0.2, 0.25) is 11.7 Å². The molecule has 38 heavy (non-hydrogen) atoms. The highest BCUT2D eigenvalue weighted by Crippen LogP contribution is 2.30. The summed E-state index contributed by atoms with van der Waals surface area (Å²) >= 11 is 0. The van der Waals surface area contributed by atoms with Gasteiger partial charge in [0.25, 0.3) is 5.91 Å². The first kappa shape index (κ1) is 26.5. The topological polar surface area (TPSA) is 115 Å². The standard InChI is InChI=1S/C27H29FN6O4/c1-17-6-15-22(38-17)25-30-32-33(31-25)16-23(35)34(20-11-9-19(28)10-12-20)24(26(36)29-27(2,3)4)18-7-13-21(37-5)14-8-18/h6-15,24H,16H2,1-5H3,(H,29,36). The summed E-state index contributed by atoms with van der Waals surface area (Å²) < 4.78 is 24.6. The number of nitrogens with one attached hydrogen (secondary N) is 1. The maximum absolute atomic E-state index is 13.8. The Bertz CT molecular complexity index is 1410. The summed E-state index contributed by atoms with van der Waals surface area (Å²) in [5.74, 6) is 0.504. The molecule has 2 amide bonds. The van der Waals surface area contributed by atoms with E-state index in [1.54, 1.807) is 43.3 Å². The monoisotopic (exact) mass is 520 g/mol. The van der Waals surface area contributed by atoms with Crippen molar-refractivity contribution in [3.05, 3.63) is 77.8 Å². The number of methoxy groups -OCH3 is 1. The Morgan fingerprint density at radius 1 is 1.08 bits per heavy atom. The van der Waals surface area contributed by atoms with Gasteiger partial charge in [-0.1, -0.05) is 12.1 Å². The predicted octanol–water partition coefficient (Wildman–Crippen LogP) is 4.08. The van der Waals surface area contributed by atoms with Gasteiger partial charge in [-0.3, -0.25) is 14.5 Å². The molecule has 2 aromatic heterocycles. The second-order valence-electron chi connectivity index (χ2n) is 9.71. The normalized spacial score (nSPS) is 12.2. The fourth-order valence-corrected chi connectivity index (χ4v) is 3.84. The second-order valence-corrected chi connectivity index (χ2v) is 9.71.